The number of ether oxygens (including phenoxy) is 1. The molecule has 0 radical (unpaired) electrons. The Bertz CT molecular complexity index is 656. The van der Waals surface area contributed by atoms with Crippen molar-refractivity contribution in [2.24, 2.45) is 0 Å². The lowest BCUT2D eigenvalue weighted by Crippen LogP contribution is -2.25. The van der Waals surface area contributed by atoms with Crippen molar-refractivity contribution in [3.05, 3.63) is 84.5 Å². The van der Waals surface area contributed by atoms with E-state index in [2.05, 4.69) is 66.1 Å². The lowest BCUT2D eigenvalue weighted by molar-refractivity contribution is 0.284. The summed E-state index contributed by atoms with van der Waals surface area (Å²) >= 11 is 0. The molecule has 0 heterocycles. The molecule has 0 aromatic heterocycles. The van der Waals surface area contributed by atoms with Gasteiger partial charge in [-0.3, -0.25) is 4.90 Å². The maximum atomic E-state index is 5.55. The normalized spacial score (nSPS) is 14.2. The highest BCUT2D eigenvalue weighted by Crippen LogP contribution is 2.28. The Kier molecular flexibility index (Phi) is 5.86. The molecule has 0 N–H and O–H groups in total. The summed E-state index contributed by atoms with van der Waals surface area (Å²) in [5, 5.41) is 0. The maximum absolute atomic E-state index is 5.55. The van der Waals surface area contributed by atoms with Gasteiger partial charge >= 0.3 is 0 Å². The molecule has 0 spiro atoms. The van der Waals surface area contributed by atoms with Crippen molar-refractivity contribution >= 4 is 6.08 Å². The largest absolute Gasteiger partial charge is 0.490 e. The molecule has 1 fully saturated rings. The highest BCUT2D eigenvalue weighted by Gasteiger charge is 2.27. The summed E-state index contributed by atoms with van der Waals surface area (Å²) < 4.78 is 5.55. The van der Waals surface area contributed by atoms with E-state index >= 15 is 0 Å². The van der Waals surface area contributed by atoms with Gasteiger partial charge in [-0.05, 0) is 36.1 Å². The zero-order chi connectivity index (χ0) is 16.6. The van der Waals surface area contributed by atoms with Crippen LogP contribution in [0.4, 0.5) is 0 Å². The van der Waals surface area contributed by atoms with Gasteiger partial charge in [0.1, 0.15) is 12.4 Å². The molecule has 1 aliphatic carbocycles. The molecule has 24 heavy (non-hydrogen) atoms. The second-order valence-corrected chi connectivity index (χ2v) is 6.22. The van der Waals surface area contributed by atoms with Crippen molar-refractivity contribution in [3.63, 3.8) is 0 Å². The van der Waals surface area contributed by atoms with E-state index in [4.69, 9.17) is 4.74 Å². The van der Waals surface area contributed by atoms with Crippen LogP contribution in [-0.2, 0) is 6.54 Å². The van der Waals surface area contributed by atoms with E-state index in [9.17, 15) is 0 Å². The highest BCUT2D eigenvalue weighted by atomic mass is 16.5. The molecular formula is C22H25NO. The van der Waals surface area contributed by atoms with Crippen molar-refractivity contribution in [2.75, 3.05) is 13.2 Å². The smallest absolute Gasteiger partial charge is 0.119 e. The number of hydrogen-bond donors (Lipinski definition) is 0. The fourth-order valence-corrected chi connectivity index (χ4v) is 2.75. The van der Waals surface area contributed by atoms with Gasteiger partial charge in [0.2, 0.25) is 0 Å². The van der Waals surface area contributed by atoms with Crippen LogP contribution in [0.3, 0.4) is 0 Å². The van der Waals surface area contributed by atoms with Crippen molar-refractivity contribution in [3.8, 4) is 5.75 Å². The summed E-state index contributed by atoms with van der Waals surface area (Å²) in [6, 6.07) is 19.6. The summed E-state index contributed by atoms with van der Waals surface area (Å²) in [4.78, 5) is 2.55. The first kappa shape index (κ1) is 16.5. The van der Waals surface area contributed by atoms with Crippen LogP contribution in [0.5, 0.6) is 5.75 Å². The molecule has 2 aromatic rings. The van der Waals surface area contributed by atoms with Gasteiger partial charge in [-0.15, -0.1) is 0 Å². The van der Waals surface area contributed by atoms with Crippen LogP contribution >= 0.6 is 0 Å². The number of benzene rings is 2. The predicted octanol–water partition coefficient (Wildman–Crippen LogP) is 4.93. The summed E-state index contributed by atoms with van der Waals surface area (Å²) in [5.74, 6) is 0.903. The van der Waals surface area contributed by atoms with Gasteiger partial charge < -0.3 is 4.74 Å². The Balaban J connectivity index is 1.56. The Morgan fingerprint density at radius 1 is 1.04 bits per heavy atom. The van der Waals surface area contributed by atoms with Crippen LogP contribution in [0.25, 0.3) is 6.08 Å². The monoisotopic (exact) mass is 319 g/mol. The van der Waals surface area contributed by atoms with Gasteiger partial charge in [0.15, 0.2) is 0 Å². The molecule has 0 amide bonds. The molecule has 1 aliphatic rings. The quantitative estimate of drug-likeness (QED) is 0.608. The second kappa shape index (κ2) is 8.51. The zero-order valence-corrected chi connectivity index (χ0v) is 14.1. The lowest BCUT2D eigenvalue weighted by Gasteiger charge is -2.20. The minimum atomic E-state index is 0.553. The first-order chi connectivity index (χ1) is 11.8. The molecule has 124 valence electrons. The van der Waals surface area contributed by atoms with Crippen LogP contribution in [0.2, 0.25) is 0 Å². The van der Waals surface area contributed by atoms with E-state index in [1.54, 1.807) is 6.08 Å². The van der Waals surface area contributed by atoms with Crippen LogP contribution in [-0.4, -0.2) is 24.1 Å². The van der Waals surface area contributed by atoms with Crippen LogP contribution in [0.1, 0.15) is 24.0 Å². The van der Waals surface area contributed by atoms with E-state index in [1.807, 2.05) is 12.1 Å². The standard InChI is InChI=1S/C22H25NO/c1-2-17-24-22-14-10-20(11-15-22)18-23(21-12-13-21)16-6-9-19-7-4-3-5-8-19/h2-11,14-15,21H,1,12-13,16-18H2. The molecule has 3 rings (SSSR count). The molecule has 1 saturated carbocycles. The van der Waals surface area contributed by atoms with E-state index in [0.29, 0.717) is 6.61 Å². The van der Waals surface area contributed by atoms with Gasteiger partial charge in [0, 0.05) is 19.1 Å². The fourth-order valence-electron chi connectivity index (χ4n) is 2.75. The molecule has 0 saturated heterocycles. The van der Waals surface area contributed by atoms with Gasteiger partial charge in [-0.1, -0.05) is 67.3 Å². The Hall–Kier alpha value is -2.32. The molecule has 0 aliphatic heterocycles. The summed E-state index contributed by atoms with van der Waals surface area (Å²) in [5.41, 5.74) is 2.60. The van der Waals surface area contributed by atoms with E-state index in [-0.39, 0.29) is 0 Å². The maximum Gasteiger partial charge on any atom is 0.119 e. The SMILES string of the molecule is C=CCOc1ccc(CN(CC=Cc2ccccc2)C2CC2)cc1. The Morgan fingerprint density at radius 2 is 1.79 bits per heavy atom. The average Bonchev–Trinajstić information content (AvgIpc) is 3.46. The van der Waals surface area contributed by atoms with Crippen LogP contribution < -0.4 is 4.74 Å². The lowest BCUT2D eigenvalue weighted by atomic mass is 10.2. The number of rotatable bonds is 9. The van der Waals surface area contributed by atoms with Gasteiger partial charge in [0.25, 0.3) is 0 Å². The molecule has 2 nitrogen and oxygen atoms in total. The van der Waals surface area contributed by atoms with Gasteiger partial charge in [-0.25, -0.2) is 0 Å². The summed E-state index contributed by atoms with van der Waals surface area (Å²) in [7, 11) is 0. The van der Waals surface area contributed by atoms with Crippen molar-refractivity contribution in [1.82, 2.24) is 4.90 Å². The molecule has 2 aromatic carbocycles. The first-order valence-electron chi connectivity index (χ1n) is 8.63. The minimum absolute atomic E-state index is 0.553. The number of nitrogens with zero attached hydrogens (tertiary/aromatic N) is 1. The zero-order valence-electron chi connectivity index (χ0n) is 14.1. The summed E-state index contributed by atoms with van der Waals surface area (Å²) in [6.07, 6.45) is 8.89. The van der Waals surface area contributed by atoms with Gasteiger partial charge in [0.05, 0.1) is 0 Å². The topological polar surface area (TPSA) is 12.5 Å². The van der Waals surface area contributed by atoms with Crippen molar-refractivity contribution in [2.45, 2.75) is 25.4 Å². The third-order valence-corrected chi connectivity index (χ3v) is 4.19. The van der Waals surface area contributed by atoms with Crippen LogP contribution in [0.15, 0.2) is 73.3 Å². The van der Waals surface area contributed by atoms with Crippen LogP contribution in [0, 0.1) is 0 Å². The average molecular weight is 319 g/mol. The van der Waals surface area contributed by atoms with E-state index in [1.165, 1.54) is 24.0 Å². The fraction of sp³-hybridized carbons (Fsp3) is 0.273. The van der Waals surface area contributed by atoms with Gasteiger partial charge in [-0.2, -0.15) is 0 Å². The molecule has 0 atom stereocenters. The highest BCUT2D eigenvalue weighted by molar-refractivity contribution is 5.48. The third-order valence-electron chi connectivity index (χ3n) is 4.19. The Morgan fingerprint density at radius 3 is 2.46 bits per heavy atom. The van der Waals surface area contributed by atoms with Crippen molar-refractivity contribution in [1.29, 1.82) is 0 Å². The Labute approximate surface area is 145 Å². The van der Waals surface area contributed by atoms with Crippen molar-refractivity contribution < 1.29 is 4.74 Å². The third kappa shape index (κ3) is 5.10. The molecule has 0 unspecified atom stereocenters. The molecular weight excluding hydrogens is 294 g/mol. The first-order valence-corrected chi connectivity index (χ1v) is 8.63. The second-order valence-electron chi connectivity index (χ2n) is 6.22. The van der Waals surface area contributed by atoms with E-state index < -0.39 is 0 Å². The number of hydrogen-bond acceptors (Lipinski definition) is 2. The predicted molar refractivity (Wildman–Crippen MR) is 101 cm³/mol. The molecule has 0 bridgehead atoms. The van der Waals surface area contributed by atoms with E-state index in [0.717, 1.165) is 24.9 Å². The minimum Gasteiger partial charge on any atom is -0.490 e. The molecule has 2 heteroatoms. The summed E-state index contributed by atoms with van der Waals surface area (Å²) in [6.45, 7) is 6.21.